The second-order valence-electron chi connectivity index (χ2n) is 9.00. The summed E-state index contributed by atoms with van der Waals surface area (Å²) in [4.78, 5) is 30.3. The predicted molar refractivity (Wildman–Crippen MR) is 140 cm³/mol. The van der Waals surface area contributed by atoms with Crippen LogP contribution < -0.4 is 15.5 Å². The molecule has 0 unspecified atom stereocenters. The summed E-state index contributed by atoms with van der Waals surface area (Å²) in [6.45, 7) is 4.87. The highest BCUT2D eigenvalue weighted by atomic mass is 19.1. The fourth-order valence-corrected chi connectivity index (χ4v) is 4.40. The van der Waals surface area contributed by atoms with Crippen LogP contribution in [0.25, 0.3) is 0 Å². The van der Waals surface area contributed by atoms with E-state index in [0.29, 0.717) is 17.8 Å². The Bertz CT molecular complexity index is 1160. The molecule has 1 aliphatic heterocycles. The van der Waals surface area contributed by atoms with Crippen LogP contribution >= 0.6 is 0 Å². The first-order valence-electron chi connectivity index (χ1n) is 12.6. The molecule has 1 saturated heterocycles. The van der Waals surface area contributed by atoms with Crippen molar-refractivity contribution < 1.29 is 18.4 Å². The smallest absolute Gasteiger partial charge is 0.323 e. The number of furan rings is 1. The Hall–Kier alpha value is -3.81. The van der Waals surface area contributed by atoms with Crippen LogP contribution in [-0.2, 0) is 6.54 Å². The molecule has 1 fully saturated rings. The van der Waals surface area contributed by atoms with E-state index in [-0.39, 0.29) is 11.6 Å². The number of urea groups is 1. The average Bonchev–Trinajstić information content (AvgIpc) is 3.41. The van der Waals surface area contributed by atoms with E-state index in [1.165, 1.54) is 12.1 Å². The number of halogens is 1. The Morgan fingerprint density at radius 2 is 1.83 bits per heavy atom. The summed E-state index contributed by atoms with van der Waals surface area (Å²) in [5.41, 5.74) is 1.88. The van der Waals surface area contributed by atoms with Crippen molar-refractivity contribution in [2.24, 2.45) is 0 Å². The Morgan fingerprint density at radius 1 is 1.03 bits per heavy atom. The van der Waals surface area contributed by atoms with E-state index >= 15 is 0 Å². The molecule has 1 aromatic heterocycles. The third-order valence-electron chi connectivity index (χ3n) is 6.30. The van der Waals surface area contributed by atoms with Crippen LogP contribution in [0.5, 0.6) is 0 Å². The zero-order chi connectivity index (χ0) is 25.3. The van der Waals surface area contributed by atoms with Gasteiger partial charge in [-0.05, 0) is 68.1 Å². The number of anilines is 3. The number of amides is 3. The maximum absolute atomic E-state index is 14.0. The van der Waals surface area contributed by atoms with Gasteiger partial charge in [-0.25, -0.2) is 9.18 Å². The molecule has 0 saturated carbocycles. The van der Waals surface area contributed by atoms with E-state index in [2.05, 4.69) is 22.5 Å². The van der Waals surface area contributed by atoms with Crippen LogP contribution in [0.2, 0.25) is 0 Å². The van der Waals surface area contributed by atoms with Crippen LogP contribution in [-0.4, -0.2) is 36.5 Å². The summed E-state index contributed by atoms with van der Waals surface area (Å²) in [5.74, 6) is 0.242. The molecule has 190 valence electrons. The third kappa shape index (κ3) is 6.44. The van der Waals surface area contributed by atoms with Crippen LogP contribution in [0.4, 0.5) is 26.2 Å². The van der Waals surface area contributed by atoms with Gasteiger partial charge < -0.3 is 24.9 Å². The topological polar surface area (TPSA) is 77.8 Å². The van der Waals surface area contributed by atoms with Crippen LogP contribution in [0.15, 0.2) is 65.3 Å². The highest BCUT2D eigenvalue weighted by Gasteiger charge is 2.24. The van der Waals surface area contributed by atoms with E-state index in [4.69, 9.17) is 4.42 Å². The zero-order valence-corrected chi connectivity index (χ0v) is 20.6. The Labute approximate surface area is 211 Å². The lowest BCUT2D eigenvalue weighted by Crippen LogP contribution is -2.37. The van der Waals surface area contributed by atoms with Gasteiger partial charge in [0.1, 0.15) is 11.6 Å². The van der Waals surface area contributed by atoms with Crippen LogP contribution in [0.1, 0.15) is 55.1 Å². The second-order valence-corrected chi connectivity index (χ2v) is 9.00. The molecule has 0 bridgehead atoms. The van der Waals surface area contributed by atoms with E-state index in [1.54, 1.807) is 30.5 Å². The summed E-state index contributed by atoms with van der Waals surface area (Å²) < 4.78 is 19.5. The minimum Gasteiger partial charge on any atom is -0.467 e. The fourth-order valence-electron chi connectivity index (χ4n) is 4.40. The van der Waals surface area contributed by atoms with E-state index in [9.17, 15) is 14.0 Å². The molecule has 0 aliphatic carbocycles. The third-order valence-corrected chi connectivity index (χ3v) is 6.30. The van der Waals surface area contributed by atoms with Gasteiger partial charge in [0.05, 0.1) is 29.7 Å². The molecular weight excluding hydrogens is 459 g/mol. The summed E-state index contributed by atoms with van der Waals surface area (Å²) >= 11 is 0. The maximum atomic E-state index is 14.0. The highest BCUT2D eigenvalue weighted by Crippen LogP contribution is 2.29. The lowest BCUT2D eigenvalue weighted by molar-refractivity contribution is 0.0725. The van der Waals surface area contributed by atoms with Gasteiger partial charge >= 0.3 is 6.03 Å². The zero-order valence-electron chi connectivity index (χ0n) is 20.6. The number of hydrogen-bond acceptors (Lipinski definition) is 4. The van der Waals surface area contributed by atoms with Crippen molar-refractivity contribution in [3.8, 4) is 0 Å². The van der Waals surface area contributed by atoms with Crippen molar-refractivity contribution in [1.82, 2.24) is 4.90 Å². The van der Waals surface area contributed by atoms with Gasteiger partial charge in [-0.1, -0.05) is 25.5 Å². The van der Waals surface area contributed by atoms with Crippen molar-refractivity contribution in [2.45, 2.75) is 45.6 Å². The van der Waals surface area contributed by atoms with Crippen molar-refractivity contribution in [2.75, 3.05) is 35.2 Å². The van der Waals surface area contributed by atoms with Crippen LogP contribution in [0, 0.1) is 5.82 Å². The largest absolute Gasteiger partial charge is 0.467 e. The minimum absolute atomic E-state index is 0.0520. The SMILES string of the molecule is CCCCN(Cc1ccco1)c1ccc(NC(=O)Nc2ccccc2F)cc1C(=O)N1CCCCC1. The van der Waals surface area contributed by atoms with Crippen molar-refractivity contribution >= 4 is 29.0 Å². The number of carbonyl (C=O) groups is 2. The van der Waals surface area contributed by atoms with Gasteiger partial charge in [-0.15, -0.1) is 0 Å². The first kappa shape index (κ1) is 25.3. The van der Waals surface area contributed by atoms with Gasteiger partial charge in [0.25, 0.3) is 5.91 Å². The molecular formula is C28H33FN4O3. The first-order chi connectivity index (χ1) is 17.5. The summed E-state index contributed by atoms with van der Waals surface area (Å²) in [5, 5.41) is 5.27. The standard InChI is InChI=1S/C28H33FN4O3/c1-2-3-15-33(20-22-10-9-18-36-22)26-14-13-21(19-23(26)27(34)32-16-7-4-8-17-32)30-28(35)31-25-12-6-5-11-24(25)29/h5-6,9-14,18-19H,2-4,7-8,15-17,20H2,1H3,(H2,30,31,35). The molecule has 2 aromatic carbocycles. The quantitative estimate of drug-likeness (QED) is 0.358. The number of hydrogen-bond donors (Lipinski definition) is 2. The van der Waals surface area contributed by atoms with Crippen molar-refractivity contribution in [3.05, 3.63) is 78.0 Å². The molecule has 4 rings (SSSR count). The molecule has 7 nitrogen and oxygen atoms in total. The molecule has 0 radical (unpaired) electrons. The molecule has 8 heteroatoms. The number of rotatable bonds is 9. The number of carbonyl (C=O) groups excluding carboxylic acids is 2. The van der Waals surface area contributed by atoms with Crippen molar-refractivity contribution in [1.29, 1.82) is 0 Å². The van der Waals surface area contributed by atoms with E-state index in [1.807, 2.05) is 23.1 Å². The normalized spacial score (nSPS) is 13.3. The number of benzene rings is 2. The molecule has 3 aromatic rings. The molecule has 36 heavy (non-hydrogen) atoms. The molecule has 3 amide bonds. The number of nitrogens with zero attached hydrogens (tertiary/aromatic N) is 2. The van der Waals surface area contributed by atoms with E-state index in [0.717, 1.165) is 63.2 Å². The molecule has 1 aliphatic rings. The van der Waals surface area contributed by atoms with Gasteiger partial charge in [0, 0.05) is 25.3 Å². The Kier molecular flexibility index (Phi) is 8.60. The van der Waals surface area contributed by atoms with Gasteiger partial charge in [-0.3, -0.25) is 4.79 Å². The molecule has 0 atom stereocenters. The molecule has 2 heterocycles. The molecule has 0 spiro atoms. The monoisotopic (exact) mass is 492 g/mol. The average molecular weight is 493 g/mol. The number of piperidine rings is 1. The van der Waals surface area contributed by atoms with Crippen LogP contribution in [0.3, 0.4) is 0 Å². The lowest BCUT2D eigenvalue weighted by atomic mass is 10.1. The van der Waals surface area contributed by atoms with Gasteiger partial charge in [0.2, 0.25) is 0 Å². The number of para-hydroxylation sites is 1. The van der Waals surface area contributed by atoms with Gasteiger partial charge in [-0.2, -0.15) is 0 Å². The Balaban J connectivity index is 1.62. The molecule has 2 N–H and O–H groups in total. The highest BCUT2D eigenvalue weighted by molar-refractivity contribution is 6.04. The number of likely N-dealkylation sites (tertiary alicyclic amines) is 1. The number of unbranched alkanes of at least 4 members (excludes halogenated alkanes) is 1. The number of nitrogens with one attached hydrogen (secondary N) is 2. The van der Waals surface area contributed by atoms with Gasteiger partial charge in [0.15, 0.2) is 0 Å². The first-order valence-corrected chi connectivity index (χ1v) is 12.6. The summed E-state index contributed by atoms with van der Waals surface area (Å²) in [6.07, 6.45) is 6.71. The Morgan fingerprint density at radius 3 is 2.56 bits per heavy atom. The second kappa shape index (κ2) is 12.2. The summed E-state index contributed by atoms with van der Waals surface area (Å²) in [7, 11) is 0. The maximum Gasteiger partial charge on any atom is 0.323 e. The summed E-state index contributed by atoms with van der Waals surface area (Å²) in [6, 6.07) is 14.5. The van der Waals surface area contributed by atoms with Crippen molar-refractivity contribution in [3.63, 3.8) is 0 Å². The minimum atomic E-state index is -0.581. The van der Waals surface area contributed by atoms with E-state index < -0.39 is 11.8 Å². The lowest BCUT2D eigenvalue weighted by Gasteiger charge is -2.31. The predicted octanol–water partition coefficient (Wildman–Crippen LogP) is 6.50. The fraction of sp³-hybridized carbons (Fsp3) is 0.357.